The number of pyridine rings is 1. The number of benzene rings is 1. The first-order valence-electron chi connectivity index (χ1n) is 8.99. The van der Waals surface area contributed by atoms with Gasteiger partial charge in [-0.25, -0.2) is 9.97 Å². The summed E-state index contributed by atoms with van der Waals surface area (Å²) in [5.41, 5.74) is 2.50. The summed E-state index contributed by atoms with van der Waals surface area (Å²) in [7, 11) is 0. The van der Waals surface area contributed by atoms with Gasteiger partial charge in [-0.2, -0.15) is 0 Å². The van der Waals surface area contributed by atoms with Gasteiger partial charge >= 0.3 is 0 Å². The fourth-order valence-electron chi connectivity index (χ4n) is 3.09. The van der Waals surface area contributed by atoms with Gasteiger partial charge in [0.2, 0.25) is 5.91 Å². The van der Waals surface area contributed by atoms with E-state index in [1.165, 1.54) is 0 Å². The van der Waals surface area contributed by atoms with Crippen molar-refractivity contribution in [3.05, 3.63) is 47.1 Å². The first-order valence-corrected chi connectivity index (χ1v) is 9.78. The topological polar surface area (TPSA) is 51.0 Å². The van der Waals surface area contributed by atoms with Gasteiger partial charge in [-0.05, 0) is 37.1 Å². The van der Waals surface area contributed by atoms with Crippen LogP contribution in [0.3, 0.4) is 0 Å². The number of carbonyl (C=O) groups is 1. The van der Waals surface area contributed by atoms with Crippen LogP contribution in [0, 0.1) is 0 Å². The molecule has 0 saturated carbocycles. The lowest BCUT2D eigenvalue weighted by Crippen LogP contribution is -2.35. The number of hydrogen-bond donors (Lipinski definition) is 0. The number of amides is 1. The van der Waals surface area contributed by atoms with Gasteiger partial charge in [0.15, 0.2) is 5.65 Å². The van der Waals surface area contributed by atoms with E-state index in [4.69, 9.17) is 4.98 Å². The number of fused-ring (bicyclic) bond motifs is 1. The van der Waals surface area contributed by atoms with Gasteiger partial charge in [0.05, 0.1) is 0 Å². The van der Waals surface area contributed by atoms with Crippen LogP contribution in [0.2, 0.25) is 0 Å². The van der Waals surface area contributed by atoms with E-state index in [0.717, 1.165) is 53.0 Å². The van der Waals surface area contributed by atoms with Crippen molar-refractivity contribution in [1.29, 1.82) is 0 Å². The van der Waals surface area contributed by atoms with Gasteiger partial charge in [0.25, 0.3) is 0 Å². The van der Waals surface area contributed by atoms with E-state index in [-0.39, 0.29) is 12.5 Å². The maximum atomic E-state index is 12.9. The Balaban J connectivity index is 2.03. The zero-order chi connectivity index (χ0) is 18.5. The molecule has 6 heteroatoms. The number of halogens is 1. The van der Waals surface area contributed by atoms with Crippen molar-refractivity contribution >= 4 is 33.0 Å². The van der Waals surface area contributed by atoms with Crippen molar-refractivity contribution in [2.24, 2.45) is 0 Å². The molecule has 3 rings (SSSR count). The number of aromatic nitrogens is 3. The summed E-state index contributed by atoms with van der Waals surface area (Å²) in [4.78, 5) is 24.1. The largest absolute Gasteiger partial charge is 0.341 e. The molecule has 0 aliphatic rings. The third-order valence-electron chi connectivity index (χ3n) is 4.22. The second-order valence-electron chi connectivity index (χ2n) is 6.26. The number of imidazole rings is 1. The van der Waals surface area contributed by atoms with Crippen molar-refractivity contribution < 1.29 is 4.79 Å². The van der Waals surface area contributed by atoms with E-state index in [9.17, 15) is 4.79 Å². The molecular formula is C20H23BrN4O. The SMILES string of the molecule is CCCN(CCC)C(=O)Cn1c(-c2cccc(Br)c2)nc2cccnc21. The molecule has 0 unspecified atom stereocenters. The van der Waals surface area contributed by atoms with Gasteiger partial charge in [0, 0.05) is 29.3 Å². The van der Waals surface area contributed by atoms with Crippen LogP contribution in [0.15, 0.2) is 47.1 Å². The Kier molecular flexibility index (Phi) is 6.04. The molecule has 0 saturated heterocycles. The van der Waals surface area contributed by atoms with Crippen molar-refractivity contribution in [2.75, 3.05) is 13.1 Å². The van der Waals surface area contributed by atoms with Crippen LogP contribution in [0.4, 0.5) is 0 Å². The van der Waals surface area contributed by atoms with Crippen LogP contribution in [-0.4, -0.2) is 38.4 Å². The van der Waals surface area contributed by atoms with E-state index in [1.54, 1.807) is 6.20 Å². The number of nitrogens with zero attached hydrogens (tertiary/aromatic N) is 4. The molecular weight excluding hydrogens is 392 g/mol. The Morgan fingerprint density at radius 2 is 1.92 bits per heavy atom. The van der Waals surface area contributed by atoms with Gasteiger partial charge in [-0.1, -0.05) is 41.9 Å². The maximum Gasteiger partial charge on any atom is 0.242 e. The summed E-state index contributed by atoms with van der Waals surface area (Å²) in [6.45, 7) is 5.99. The average molecular weight is 415 g/mol. The van der Waals surface area contributed by atoms with Gasteiger partial charge < -0.3 is 4.90 Å². The van der Waals surface area contributed by atoms with Crippen molar-refractivity contribution in [3.63, 3.8) is 0 Å². The Hall–Kier alpha value is -2.21. The highest BCUT2D eigenvalue weighted by molar-refractivity contribution is 9.10. The molecule has 3 aromatic rings. The summed E-state index contributed by atoms with van der Waals surface area (Å²) in [6, 6.07) is 11.8. The first kappa shape index (κ1) is 18.6. The second kappa shape index (κ2) is 8.45. The lowest BCUT2D eigenvalue weighted by molar-refractivity contribution is -0.131. The Morgan fingerprint density at radius 3 is 2.62 bits per heavy atom. The van der Waals surface area contributed by atoms with Gasteiger partial charge in [0.1, 0.15) is 17.9 Å². The smallest absolute Gasteiger partial charge is 0.242 e. The molecule has 0 atom stereocenters. The summed E-state index contributed by atoms with van der Waals surface area (Å²) in [6.07, 6.45) is 3.64. The number of carbonyl (C=O) groups excluding carboxylic acids is 1. The molecule has 2 heterocycles. The minimum Gasteiger partial charge on any atom is -0.341 e. The highest BCUT2D eigenvalue weighted by Crippen LogP contribution is 2.26. The molecule has 0 radical (unpaired) electrons. The Labute approximate surface area is 162 Å². The Bertz CT molecular complexity index is 900. The second-order valence-corrected chi connectivity index (χ2v) is 7.17. The molecule has 0 aliphatic carbocycles. The lowest BCUT2D eigenvalue weighted by Gasteiger charge is -2.22. The Morgan fingerprint density at radius 1 is 1.15 bits per heavy atom. The van der Waals surface area contributed by atoms with E-state index in [0.29, 0.717) is 0 Å². The van der Waals surface area contributed by atoms with Crippen LogP contribution in [0.5, 0.6) is 0 Å². The molecule has 0 bridgehead atoms. The molecule has 0 fully saturated rings. The zero-order valence-corrected chi connectivity index (χ0v) is 16.7. The van der Waals surface area contributed by atoms with Crippen molar-refractivity contribution in [1.82, 2.24) is 19.4 Å². The lowest BCUT2D eigenvalue weighted by atomic mass is 10.2. The van der Waals surface area contributed by atoms with Crippen LogP contribution in [0.25, 0.3) is 22.6 Å². The fourth-order valence-corrected chi connectivity index (χ4v) is 3.49. The van der Waals surface area contributed by atoms with E-state index < -0.39 is 0 Å². The van der Waals surface area contributed by atoms with E-state index in [2.05, 4.69) is 34.8 Å². The van der Waals surface area contributed by atoms with Gasteiger partial charge in [-0.3, -0.25) is 9.36 Å². The number of rotatable bonds is 7. The van der Waals surface area contributed by atoms with Crippen LogP contribution < -0.4 is 0 Å². The molecule has 0 aliphatic heterocycles. The maximum absolute atomic E-state index is 12.9. The quantitative estimate of drug-likeness (QED) is 0.571. The highest BCUT2D eigenvalue weighted by Gasteiger charge is 2.19. The van der Waals surface area contributed by atoms with Gasteiger partial charge in [-0.15, -0.1) is 0 Å². The predicted octanol–water partition coefficient (Wildman–Crippen LogP) is 4.51. The molecule has 0 N–H and O–H groups in total. The minimum absolute atomic E-state index is 0.106. The molecule has 5 nitrogen and oxygen atoms in total. The van der Waals surface area contributed by atoms with Crippen LogP contribution in [0.1, 0.15) is 26.7 Å². The zero-order valence-electron chi connectivity index (χ0n) is 15.2. The van der Waals surface area contributed by atoms with Crippen molar-refractivity contribution in [2.45, 2.75) is 33.2 Å². The fraction of sp³-hybridized carbons (Fsp3) is 0.350. The summed E-state index contributed by atoms with van der Waals surface area (Å²) in [5.74, 6) is 0.871. The van der Waals surface area contributed by atoms with E-state index in [1.807, 2.05) is 45.9 Å². The molecule has 26 heavy (non-hydrogen) atoms. The molecule has 0 spiro atoms. The highest BCUT2D eigenvalue weighted by atomic mass is 79.9. The average Bonchev–Trinajstić information content (AvgIpc) is 3.00. The minimum atomic E-state index is 0.106. The van der Waals surface area contributed by atoms with E-state index >= 15 is 0 Å². The molecule has 1 amide bonds. The third kappa shape index (κ3) is 3.96. The first-order chi connectivity index (χ1) is 12.6. The van der Waals surface area contributed by atoms with Crippen molar-refractivity contribution in [3.8, 4) is 11.4 Å². The molecule has 1 aromatic carbocycles. The van der Waals surface area contributed by atoms with Crippen LogP contribution in [-0.2, 0) is 11.3 Å². The summed E-state index contributed by atoms with van der Waals surface area (Å²) in [5, 5.41) is 0. The predicted molar refractivity (Wildman–Crippen MR) is 108 cm³/mol. The summed E-state index contributed by atoms with van der Waals surface area (Å²) < 4.78 is 2.91. The molecule has 136 valence electrons. The summed E-state index contributed by atoms with van der Waals surface area (Å²) >= 11 is 3.52. The third-order valence-corrected chi connectivity index (χ3v) is 4.71. The normalized spacial score (nSPS) is 11.0. The van der Waals surface area contributed by atoms with Crippen LogP contribution >= 0.6 is 15.9 Å². The number of hydrogen-bond acceptors (Lipinski definition) is 3. The standard InChI is InChI=1S/C20H23BrN4O/c1-3-11-24(12-4-2)18(26)14-25-19(15-7-5-8-16(21)13-15)23-17-9-6-10-22-20(17)25/h5-10,13H,3-4,11-12,14H2,1-2H3. The monoisotopic (exact) mass is 414 g/mol. The molecule has 2 aromatic heterocycles.